The second kappa shape index (κ2) is 5.53. The van der Waals surface area contributed by atoms with E-state index < -0.39 is 0 Å². The highest BCUT2D eigenvalue weighted by Crippen LogP contribution is 2.32. The average molecular weight is 246 g/mol. The highest BCUT2D eigenvalue weighted by Gasteiger charge is 2.23. The van der Waals surface area contributed by atoms with Gasteiger partial charge in [-0.1, -0.05) is 31.2 Å². The molecule has 1 aliphatic carbocycles. The Morgan fingerprint density at radius 3 is 2.89 bits per heavy atom. The lowest BCUT2D eigenvalue weighted by Crippen LogP contribution is -2.39. The van der Waals surface area contributed by atoms with Gasteiger partial charge in [-0.05, 0) is 30.9 Å². The molecule has 1 aromatic carbocycles. The summed E-state index contributed by atoms with van der Waals surface area (Å²) in [5, 5.41) is 3.03. The molecule has 3 N–H and O–H groups in total. The second-order valence-corrected chi connectivity index (χ2v) is 5.33. The SMILES string of the molecule is CC(N)C(C)C(=O)NCC1CCc2ccccc21. The number of nitrogens with two attached hydrogens (primary N) is 1. The van der Waals surface area contributed by atoms with Crippen molar-refractivity contribution in [2.24, 2.45) is 11.7 Å². The lowest BCUT2D eigenvalue weighted by Gasteiger charge is -2.18. The molecule has 1 aliphatic rings. The van der Waals surface area contributed by atoms with Gasteiger partial charge in [0.1, 0.15) is 0 Å². The molecular formula is C15H22N2O. The highest BCUT2D eigenvalue weighted by molar-refractivity contribution is 5.79. The van der Waals surface area contributed by atoms with Crippen LogP contribution in [0.2, 0.25) is 0 Å². The third kappa shape index (κ3) is 2.72. The van der Waals surface area contributed by atoms with Gasteiger partial charge in [0.25, 0.3) is 0 Å². The van der Waals surface area contributed by atoms with E-state index in [9.17, 15) is 4.79 Å². The zero-order chi connectivity index (χ0) is 13.1. The van der Waals surface area contributed by atoms with Crippen LogP contribution in [0.1, 0.15) is 37.3 Å². The van der Waals surface area contributed by atoms with Crippen molar-refractivity contribution in [2.75, 3.05) is 6.54 Å². The van der Waals surface area contributed by atoms with Crippen molar-refractivity contribution in [1.29, 1.82) is 0 Å². The Kier molecular flexibility index (Phi) is 4.02. The molecule has 0 spiro atoms. The third-order valence-corrected chi connectivity index (χ3v) is 3.98. The smallest absolute Gasteiger partial charge is 0.224 e. The molecule has 2 rings (SSSR count). The maximum Gasteiger partial charge on any atom is 0.224 e. The number of fused-ring (bicyclic) bond motifs is 1. The molecule has 0 saturated carbocycles. The fourth-order valence-corrected chi connectivity index (χ4v) is 2.48. The van der Waals surface area contributed by atoms with E-state index >= 15 is 0 Å². The van der Waals surface area contributed by atoms with Crippen molar-refractivity contribution in [2.45, 2.75) is 38.6 Å². The van der Waals surface area contributed by atoms with Crippen molar-refractivity contribution in [1.82, 2.24) is 5.32 Å². The first kappa shape index (κ1) is 13.1. The van der Waals surface area contributed by atoms with Gasteiger partial charge < -0.3 is 11.1 Å². The van der Waals surface area contributed by atoms with Crippen LogP contribution in [0, 0.1) is 5.92 Å². The van der Waals surface area contributed by atoms with Gasteiger partial charge in [-0.2, -0.15) is 0 Å². The molecule has 0 fully saturated rings. The summed E-state index contributed by atoms with van der Waals surface area (Å²) in [4.78, 5) is 11.9. The van der Waals surface area contributed by atoms with E-state index in [1.807, 2.05) is 13.8 Å². The van der Waals surface area contributed by atoms with Crippen molar-refractivity contribution < 1.29 is 4.79 Å². The molecular weight excluding hydrogens is 224 g/mol. The number of hydrogen-bond acceptors (Lipinski definition) is 2. The largest absolute Gasteiger partial charge is 0.355 e. The summed E-state index contributed by atoms with van der Waals surface area (Å²) in [6, 6.07) is 8.41. The summed E-state index contributed by atoms with van der Waals surface area (Å²) < 4.78 is 0. The van der Waals surface area contributed by atoms with Gasteiger partial charge >= 0.3 is 0 Å². The van der Waals surface area contributed by atoms with E-state index in [0.29, 0.717) is 5.92 Å². The lowest BCUT2D eigenvalue weighted by atomic mass is 10.00. The molecule has 0 saturated heterocycles. The number of amides is 1. The van der Waals surface area contributed by atoms with Gasteiger partial charge in [0.05, 0.1) is 0 Å². The molecule has 0 bridgehead atoms. The van der Waals surface area contributed by atoms with Crippen LogP contribution in [-0.4, -0.2) is 18.5 Å². The molecule has 0 radical (unpaired) electrons. The minimum absolute atomic E-state index is 0.0642. The number of carbonyl (C=O) groups is 1. The van der Waals surface area contributed by atoms with Crippen molar-refractivity contribution in [3.63, 3.8) is 0 Å². The standard InChI is InChI=1S/C15H22N2O/c1-10(11(2)16)15(18)17-9-13-8-7-12-5-3-4-6-14(12)13/h3-6,10-11,13H,7-9,16H2,1-2H3,(H,17,18). The van der Waals surface area contributed by atoms with Gasteiger partial charge in [0, 0.05) is 24.4 Å². The van der Waals surface area contributed by atoms with E-state index in [0.717, 1.165) is 19.4 Å². The number of benzene rings is 1. The van der Waals surface area contributed by atoms with Crippen LogP contribution in [-0.2, 0) is 11.2 Å². The number of rotatable bonds is 4. The number of carbonyl (C=O) groups excluding carboxylic acids is 1. The number of aryl methyl sites for hydroxylation is 1. The Morgan fingerprint density at radius 2 is 2.17 bits per heavy atom. The second-order valence-electron chi connectivity index (χ2n) is 5.33. The Bertz CT molecular complexity index is 428. The molecule has 3 unspecified atom stereocenters. The van der Waals surface area contributed by atoms with Crippen LogP contribution in [0.3, 0.4) is 0 Å². The summed E-state index contributed by atoms with van der Waals surface area (Å²) in [6.07, 6.45) is 2.26. The fraction of sp³-hybridized carbons (Fsp3) is 0.533. The zero-order valence-corrected chi connectivity index (χ0v) is 11.1. The Balaban J connectivity index is 1.91. The van der Waals surface area contributed by atoms with Crippen LogP contribution >= 0.6 is 0 Å². The summed E-state index contributed by atoms with van der Waals surface area (Å²) >= 11 is 0. The molecule has 18 heavy (non-hydrogen) atoms. The first-order valence-electron chi connectivity index (χ1n) is 6.70. The minimum atomic E-state index is -0.123. The third-order valence-electron chi connectivity index (χ3n) is 3.98. The number of nitrogens with one attached hydrogen (secondary N) is 1. The van der Waals surface area contributed by atoms with Gasteiger partial charge in [0.15, 0.2) is 0 Å². The Labute approximate surface area is 109 Å². The average Bonchev–Trinajstić information content (AvgIpc) is 2.78. The molecule has 98 valence electrons. The van der Waals surface area contributed by atoms with E-state index in [2.05, 4.69) is 29.6 Å². The maximum absolute atomic E-state index is 11.9. The minimum Gasteiger partial charge on any atom is -0.355 e. The van der Waals surface area contributed by atoms with Gasteiger partial charge in [-0.25, -0.2) is 0 Å². The summed E-state index contributed by atoms with van der Waals surface area (Å²) in [5.41, 5.74) is 8.56. The van der Waals surface area contributed by atoms with Crippen LogP contribution in [0.4, 0.5) is 0 Å². The van der Waals surface area contributed by atoms with Crippen LogP contribution in [0.5, 0.6) is 0 Å². The predicted molar refractivity (Wildman–Crippen MR) is 73.3 cm³/mol. The first-order chi connectivity index (χ1) is 8.59. The van der Waals surface area contributed by atoms with Crippen molar-refractivity contribution >= 4 is 5.91 Å². The molecule has 3 atom stereocenters. The van der Waals surface area contributed by atoms with Gasteiger partial charge in [-0.3, -0.25) is 4.79 Å². The van der Waals surface area contributed by atoms with E-state index in [-0.39, 0.29) is 17.9 Å². The summed E-state index contributed by atoms with van der Waals surface area (Å²) in [6.45, 7) is 4.48. The van der Waals surface area contributed by atoms with E-state index in [4.69, 9.17) is 5.73 Å². The monoisotopic (exact) mass is 246 g/mol. The molecule has 0 aliphatic heterocycles. The quantitative estimate of drug-likeness (QED) is 0.851. The maximum atomic E-state index is 11.9. The number of hydrogen-bond donors (Lipinski definition) is 2. The highest BCUT2D eigenvalue weighted by atomic mass is 16.1. The molecule has 3 nitrogen and oxygen atoms in total. The normalized spacial score (nSPS) is 21.2. The summed E-state index contributed by atoms with van der Waals surface area (Å²) in [5.74, 6) is 0.404. The van der Waals surface area contributed by atoms with Crippen molar-refractivity contribution in [3.05, 3.63) is 35.4 Å². The Hall–Kier alpha value is -1.35. The van der Waals surface area contributed by atoms with Crippen LogP contribution in [0.15, 0.2) is 24.3 Å². The topological polar surface area (TPSA) is 55.1 Å². The molecule has 0 aromatic heterocycles. The van der Waals surface area contributed by atoms with Crippen LogP contribution < -0.4 is 11.1 Å². The molecule has 3 heteroatoms. The molecule has 1 amide bonds. The van der Waals surface area contributed by atoms with E-state index in [1.165, 1.54) is 11.1 Å². The van der Waals surface area contributed by atoms with Gasteiger partial charge in [0.2, 0.25) is 5.91 Å². The van der Waals surface area contributed by atoms with Gasteiger partial charge in [-0.15, -0.1) is 0 Å². The van der Waals surface area contributed by atoms with Crippen LogP contribution in [0.25, 0.3) is 0 Å². The molecule has 1 aromatic rings. The van der Waals surface area contributed by atoms with E-state index in [1.54, 1.807) is 0 Å². The predicted octanol–water partition coefficient (Wildman–Crippen LogP) is 1.82. The lowest BCUT2D eigenvalue weighted by molar-refractivity contribution is -0.125. The fourth-order valence-electron chi connectivity index (χ4n) is 2.48. The van der Waals surface area contributed by atoms with Crippen molar-refractivity contribution in [3.8, 4) is 0 Å². The summed E-state index contributed by atoms with van der Waals surface area (Å²) in [7, 11) is 0. The molecule has 0 heterocycles. The Morgan fingerprint density at radius 1 is 1.44 bits per heavy atom. The first-order valence-corrected chi connectivity index (χ1v) is 6.70. The zero-order valence-electron chi connectivity index (χ0n) is 11.1.